The summed E-state index contributed by atoms with van der Waals surface area (Å²) in [4.78, 5) is 15.3. The van der Waals surface area contributed by atoms with Crippen LogP contribution in [0.4, 0.5) is 4.39 Å². The molecule has 150 valence electrons. The zero-order valence-corrected chi connectivity index (χ0v) is 17.2. The average Bonchev–Trinajstić information content (AvgIpc) is 3.15. The van der Waals surface area contributed by atoms with Crippen LogP contribution in [0.2, 0.25) is 0 Å². The number of carbonyl (C=O) groups excluding carboxylic acids is 1. The normalized spacial score (nSPS) is 15.0. The van der Waals surface area contributed by atoms with Crippen molar-refractivity contribution in [1.82, 2.24) is 14.7 Å². The number of amides is 1. The molecule has 1 aliphatic rings. The second-order valence-electron chi connectivity index (χ2n) is 8.07. The van der Waals surface area contributed by atoms with Crippen molar-refractivity contribution >= 4 is 5.91 Å². The Morgan fingerprint density at radius 1 is 1.07 bits per heavy atom. The molecule has 3 aromatic rings. The van der Waals surface area contributed by atoms with Gasteiger partial charge in [-0.2, -0.15) is 5.10 Å². The highest BCUT2D eigenvalue weighted by Gasteiger charge is 2.26. The lowest BCUT2D eigenvalue weighted by Gasteiger charge is -2.30. The highest BCUT2D eigenvalue weighted by atomic mass is 19.1. The smallest absolute Gasteiger partial charge is 0.272 e. The van der Waals surface area contributed by atoms with E-state index in [1.807, 2.05) is 36.9 Å². The first-order valence-corrected chi connectivity index (χ1v) is 10.2. The van der Waals surface area contributed by atoms with Crippen molar-refractivity contribution in [3.8, 4) is 16.9 Å². The summed E-state index contributed by atoms with van der Waals surface area (Å²) in [7, 11) is 0. The maximum Gasteiger partial charge on any atom is 0.272 e. The first kappa shape index (κ1) is 19.4. The number of aryl methyl sites for hydroxylation is 2. The van der Waals surface area contributed by atoms with Crippen molar-refractivity contribution in [2.75, 3.05) is 13.1 Å². The van der Waals surface area contributed by atoms with E-state index in [1.165, 1.54) is 6.07 Å². The Morgan fingerprint density at radius 3 is 2.52 bits per heavy atom. The highest BCUT2D eigenvalue weighted by Crippen LogP contribution is 2.27. The minimum Gasteiger partial charge on any atom is -0.337 e. The van der Waals surface area contributed by atoms with Crippen molar-refractivity contribution in [1.29, 1.82) is 0 Å². The number of benzene rings is 2. The lowest BCUT2D eigenvalue weighted by atomic mass is 9.99. The molecule has 0 aliphatic carbocycles. The van der Waals surface area contributed by atoms with Gasteiger partial charge < -0.3 is 4.90 Å². The van der Waals surface area contributed by atoms with Crippen molar-refractivity contribution in [3.05, 3.63) is 71.2 Å². The highest BCUT2D eigenvalue weighted by molar-refractivity contribution is 5.94. The summed E-state index contributed by atoms with van der Waals surface area (Å²) >= 11 is 0. The fourth-order valence-electron chi connectivity index (χ4n) is 3.84. The molecule has 1 amide bonds. The molecule has 1 fully saturated rings. The minimum atomic E-state index is -0.344. The number of hydrogen-bond donors (Lipinski definition) is 0. The van der Waals surface area contributed by atoms with Crippen molar-refractivity contribution in [2.45, 2.75) is 33.6 Å². The summed E-state index contributed by atoms with van der Waals surface area (Å²) in [6, 6.07) is 14.3. The van der Waals surface area contributed by atoms with E-state index < -0.39 is 0 Å². The quantitative estimate of drug-likeness (QED) is 0.618. The lowest BCUT2D eigenvalue weighted by Crippen LogP contribution is -2.38. The summed E-state index contributed by atoms with van der Waals surface area (Å²) in [5.41, 5.74) is 4.29. The molecule has 0 N–H and O–H groups in total. The Kier molecular flexibility index (Phi) is 5.22. The number of rotatable bonds is 3. The molecule has 4 nitrogen and oxygen atoms in total. The molecule has 4 rings (SSSR count). The van der Waals surface area contributed by atoms with Crippen LogP contribution < -0.4 is 0 Å². The summed E-state index contributed by atoms with van der Waals surface area (Å²) in [6.07, 6.45) is 2.01. The van der Waals surface area contributed by atoms with E-state index in [1.54, 1.807) is 28.9 Å². The summed E-state index contributed by atoms with van der Waals surface area (Å²) in [5, 5.41) is 4.67. The van der Waals surface area contributed by atoms with E-state index in [4.69, 9.17) is 0 Å². The van der Waals surface area contributed by atoms with Gasteiger partial charge >= 0.3 is 0 Å². The summed E-state index contributed by atoms with van der Waals surface area (Å²) < 4.78 is 16.1. The number of carbonyl (C=O) groups is 1. The van der Waals surface area contributed by atoms with Gasteiger partial charge in [0, 0.05) is 18.7 Å². The Bertz CT molecular complexity index is 1050. The molecule has 1 saturated heterocycles. The molecular formula is C24H26FN3O. The summed E-state index contributed by atoms with van der Waals surface area (Å²) in [6.45, 7) is 7.71. The molecule has 0 bridgehead atoms. The predicted octanol–water partition coefficient (Wildman–Crippen LogP) is 5.17. The van der Waals surface area contributed by atoms with Crippen LogP contribution in [0, 0.1) is 25.6 Å². The molecule has 0 atom stereocenters. The fourth-order valence-corrected chi connectivity index (χ4v) is 3.84. The van der Waals surface area contributed by atoms with Gasteiger partial charge in [-0.15, -0.1) is 0 Å². The zero-order valence-electron chi connectivity index (χ0n) is 17.2. The monoisotopic (exact) mass is 391 g/mol. The van der Waals surface area contributed by atoms with Gasteiger partial charge in [0.05, 0.1) is 11.4 Å². The van der Waals surface area contributed by atoms with Gasteiger partial charge in [0.1, 0.15) is 11.5 Å². The molecular weight excluding hydrogens is 365 g/mol. The first-order chi connectivity index (χ1) is 13.9. The minimum absolute atomic E-state index is 0.0482. The second-order valence-corrected chi connectivity index (χ2v) is 8.07. The van der Waals surface area contributed by atoms with Crippen molar-refractivity contribution < 1.29 is 9.18 Å². The van der Waals surface area contributed by atoms with E-state index in [2.05, 4.69) is 12.0 Å². The summed E-state index contributed by atoms with van der Waals surface area (Å²) in [5.74, 6) is 0.244. The zero-order chi connectivity index (χ0) is 20.5. The van der Waals surface area contributed by atoms with Gasteiger partial charge in [-0.05, 0) is 68.0 Å². The molecule has 29 heavy (non-hydrogen) atoms. The molecule has 2 aromatic carbocycles. The third-order valence-corrected chi connectivity index (χ3v) is 5.74. The third kappa shape index (κ3) is 3.82. The number of aromatic nitrogens is 2. The molecule has 0 radical (unpaired) electrons. The molecule has 0 spiro atoms. The lowest BCUT2D eigenvalue weighted by molar-refractivity contribution is 0.0688. The topological polar surface area (TPSA) is 38.1 Å². The number of hydrogen-bond acceptors (Lipinski definition) is 2. The molecule has 0 saturated carbocycles. The standard InChI is InChI=1S/C24H26FN3O/c1-16-10-12-27(13-11-16)24(29)23-15-21(19-6-4-5-7-20(19)25)26-28(23)22-14-17(2)8-9-18(22)3/h4-9,14-16H,10-13H2,1-3H3. The van der Waals surface area contributed by atoms with Gasteiger partial charge in [-0.1, -0.05) is 31.2 Å². The Labute approximate surface area is 171 Å². The van der Waals surface area contributed by atoms with Crippen LogP contribution in [0.5, 0.6) is 0 Å². The van der Waals surface area contributed by atoms with E-state index in [0.717, 1.165) is 42.7 Å². The largest absolute Gasteiger partial charge is 0.337 e. The van der Waals surface area contributed by atoms with Gasteiger partial charge in [0.15, 0.2) is 0 Å². The van der Waals surface area contributed by atoms with Crippen LogP contribution in [-0.2, 0) is 0 Å². The molecule has 0 unspecified atom stereocenters. The molecule has 2 heterocycles. The van der Waals surface area contributed by atoms with E-state index in [9.17, 15) is 9.18 Å². The maximum atomic E-state index is 14.4. The van der Waals surface area contributed by atoms with E-state index in [-0.39, 0.29) is 11.7 Å². The van der Waals surface area contributed by atoms with Crippen molar-refractivity contribution in [3.63, 3.8) is 0 Å². The molecule has 1 aliphatic heterocycles. The Hall–Kier alpha value is -2.95. The van der Waals surface area contributed by atoms with Crippen molar-refractivity contribution in [2.24, 2.45) is 5.92 Å². The fraction of sp³-hybridized carbons (Fsp3) is 0.333. The van der Waals surface area contributed by atoms with Gasteiger partial charge in [0.2, 0.25) is 0 Å². The Morgan fingerprint density at radius 2 is 1.79 bits per heavy atom. The predicted molar refractivity (Wildman–Crippen MR) is 113 cm³/mol. The van der Waals surface area contributed by atoms with Crippen LogP contribution in [0.1, 0.15) is 41.4 Å². The molecule has 1 aromatic heterocycles. The van der Waals surface area contributed by atoms with Gasteiger partial charge in [-0.25, -0.2) is 9.07 Å². The second kappa shape index (κ2) is 7.82. The van der Waals surface area contributed by atoms with E-state index in [0.29, 0.717) is 22.9 Å². The molecule has 5 heteroatoms. The number of piperidine rings is 1. The Balaban J connectivity index is 1.83. The SMILES string of the molecule is Cc1ccc(C)c(-n2nc(-c3ccccc3F)cc2C(=O)N2CCC(C)CC2)c1. The van der Waals surface area contributed by atoms with Gasteiger partial charge in [0.25, 0.3) is 5.91 Å². The number of nitrogens with zero attached hydrogens (tertiary/aromatic N) is 3. The van der Waals surface area contributed by atoms with Crippen LogP contribution in [-0.4, -0.2) is 33.7 Å². The third-order valence-electron chi connectivity index (χ3n) is 5.74. The van der Waals surface area contributed by atoms with Crippen LogP contribution in [0.15, 0.2) is 48.5 Å². The first-order valence-electron chi connectivity index (χ1n) is 10.2. The van der Waals surface area contributed by atoms with Gasteiger partial charge in [-0.3, -0.25) is 4.79 Å². The number of halogens is 1. The van der Waals surface area contributed by atoms with Crippen LogP contribution in [0.25, 0.3) is 16.9 Å². The number of likely N-dealkylation sites (tertiary alicyclic amines) is 1. The average molecular weight is 391 g/mol. The van der Waals surface area contributed by atoms with Crippen LogP contribution in [0.3, 0.4) is 0 Å². The maximum absolute atomic E-state index is 14.4. The van der Waals surface area contributed by atoms with Crippen LogP contribution >= 0.6 is 0 Å². The van der Waals surface area contributed by atoms with E-state index >= 15 is 0 Å².